The van der Waals surface area contributed by atoms with Gasteiger partial charge in [0.2, 0.25) is 6.41 Å². The highest BCUT2D eigenvalue weighted by molar-refractivity contribution is 9.10. The van der Waals surface area contributed by atoms with Crippen LogP contribution in [0.5, 0.6) is 0 Å². The molecule has 0 aliphatic heterocycles. The van der Waals surface area contributed by atoms with E-state index in [1.165, 1.54) is 7.05 Å². The zero-order chi connectivity index (χ0) is 9.68. The molecule has 0 N–H and O–H groups in total. The van der Waals surface area contributed by atoms with Gasteiger partial charge in [-0.25, -0.2) is 5.01 Å². The van der Waals surface area contributed by atoms with Crippen molar-refractivity contribution in [3.8, 4) is 0 Å². The molecule has 0 radical (unpaired) electrons. The predicted molar refractivity (Wildman–Crippen MR) is 52.5 cm³/mol. The number of carbonyl (C=O) groups is 1. The van der Waals surface area contributed by atoms with Crippen LogP contribution in [0.2, 0.25) is 0 Å². The smallest absolute Gasteiger partial charge is 0.230 e. The molecule has 0 saturated heterocycles. The standard InChI is InChI=1S/C8H8BrN3O/c1-12(6-13)11-10-8-4-2-7(9)3-5-8/h2-6H,1H3. The van der Waals surface area contributed by atoms with Gasteiger partial charge in [-0.2, -0.15) is 0 Å². The first-order chi connectivity index (χ1) is 6.22. The monoisotopic (exact) mass is 241 g/mol. The van der Waals surface area contributed by atoms with Gasteiger partial charge in [-0.15, -0.1) is 5.11 Å². The van der Waals surface area contributed by atoms with Crippen LogP contribution in [0.3, 0.4) is 0 Å². The number of hydrogen-bond donors (Lipinski definition) is 0. The molecule has 1 aromatic carbocycles. The Labute approximate surface area is 84.4 Å². The lowest BCUT2D eigenvalue weighted by Gasteiger charge is -1.98. The molecule has 68 valence electrons. The Morgan fingerprint density at radius 2 is 2.00 bits per heavy atom. The minimum absolute atomic E-state index is 0.586. The van der Waals surface area contributed by atoms with E-state index in [9.17, 15) is 4.79 Å². The third-order valence-electron chi connectivity index (χ3n) is 1.28. The molecule has 0 bridgehead atoms. The normalized spacial score (nSPS) is 10.3. The average molecular weight is 242 g/mol. The van der Waals surface area contributed by atoms with Crippen molar-refractivity contribution in [2.24, 2.45) is 10.3 Å². The van der Waals surface area contributed by atoms with Crippen molar-refractivity contribution in [1.82, 2.24) is 5.01 Å². The van der Waals surface area contributed by atoms with E-state index >= 15 is 0 Å². The summed E-state index contributed by atoms with van der Waals surface area (Å²) in [6, 6.07) is 7.31. The molecule has 0 unspecified atom stereocenters. The summed E-state index contributed by atoms with van der Waals surface area (Å²) < 4.78 is 0.982. The SMILES string of the molecule is CN(C=O)N=Nc1ccc(Br)cc1. The predicted octanol–water partition coefficient (Wildman–Crippen LogP) is 2.54. The average Bonchev–Trinajstić information content (AvgIpc) is 2.16. The van der Waals surface area contributed by atoms with Gasteiger partial charge < -0.3 is 0 Å². The molecule has 0 saturated carbocycles. The fourth-order valence-corrected chi connectivity index (χ4v) is 0.915. The van der Waals surface area contributed by atoms with Crippen molar-refractivity contribution in [2.45, 2.75) is 0 Å². The zero-order valence-corrected chi connectivity index (χ0v) is 8.60. The van der Waals surface area contributed by atoms with Crippen LogP contribution in [0, 0.1) is 0 Å². The van der Waals surface area contributed by atoms with Crippen LogP contribution in [0.1, 0.15) is 0 Å². The van der Waals surface area contributed by atoms with E-state index in [4.69, 9.17) is 0 Å². The fraction of sp³-hybridized carbons (Fsp3) is 0.125. The number of halogens is 1. The first-order valence-corrected chi connectivity index (χ1v) is 4.37. The van der Waals surface area contributed by atoms with E-state index in [1.807, 2.05) is 12.1 Å². The second kappa shape index (κ2) is 4.71. The van der Waals surface area contributed by atoms with E-state index < -0.39 is 0 Å². The maximum absolute atomic E-state index is 10.1. The molecule has 1 aromatic rings. The Balaban J connectivity index is 2.69. The molecule has 1 rings (SSSR count). The molecule has 0 spiro atoms. The van der Waals surface area contributed by atoms with E-state index in [0.717, 1.165) is 9.48 Å². The summed E-state index contributed by atoms with van der Waals surface area (Å²) in [5.41, 5.74) is 0.705. The molecule has 0 atom stereocenters. The van der Waals surface area contributed by atoms with Gasteiger partial charge in [0.15, 0.2) is 0 Å². The van der Waals surface area contributed by atoms with Crippen LogP contribution in [-0.2, 0) is 4.79 Å². The summed E-state index contributed by atoms with van der Waals surface area (Å²) in [6.45, 7) is 0. The number of amides is 1. The highest BCUT2D eigenvalue weighted by Gasteiger charge is 1.90. The summed E-state index contributed by atoms with van der Waals surface area (Å²) in [7, 11) is 1.52. The van der Waals surface area contributed by atoms with Crippen LogP contribution in [0.25, 0.3) is 0 Å². The van der Waals surface area contributed by atoms with Gasteiger partial charge in [-0.05, 0) is 24.3 Å². The van der Waals surface area contributed by atoms with E-state index in [2.05, 4.69) is 26.3 Å². The van der Waals surface area contributed by atoms with Crippen molar-refractivity contribution in [3.05, 3.63) is 28.7 Å². The first kappa shape index (κ1) is 9.85. The first-order valence-electron chi connectivity index (χ1n) is 3.58. The third kappa shape index (κ3) is 3.33. The Bertz CT molecular complexity index is 310. The summed E-state index contributed by atoms with van der Waals surface area (Å²) in [5, 5.41) is 8.53. The van der Waals surface area contributed by atoms with Crippen molar-refractivity contribution in [3.63, 3.8) is 0 Å². The van der Waals surface area contributed by atoms with Gasteiger partial charge in [0, 0.05) is 11.5 Å². The van der Waals surface area contributed by atoms with Gasteiger partial charge in [0.05, 0.1) is 5.69 Å². The molecule has 4 nitrogen and oxygen atoms in total. The summed E-state index contributed by atoms with van der Waals surface area (Å²) >= 11 is 3.30. The van der Waals surface area contributed by atoms with Crippen molar-refractivity contribution < 1.29 is 4.79 Å². The van der Waals surface area contributed by atoms with Gasteiger partial charge in [0.1, 0.15) is 0 Å². The highest BCUT2D eigenvalue weighted by Crippen LogP contribution is 2.16. The van der Waals surface area contributed by atoms with Crippen LogP contribution in [-0.4, -0.2) is 18.5 Å². The highest BCUT2D eigenvalue weighted by atomic mass is 79.9. The van der Waals surface area contributed by atoms with Crippen LogP contribution in [0.4, 0.5) is 5.69 Å². The van der Waals surface area contributed by atoms with Gasteiger partial charge in [-0.3, -0.25) is 4.79 Å². The number of nitrogens with zero attached hydrogens (tertiary/aromatic N) is 3. The topological polar surface area (TPSA) is 45.0 Å². The summed E-state index contributed by atoms with van der Waals surface area (Å²) in [5.74, 6) is 0. The lowest BCUT2D eigenvalue weighted by molar-refractivity contribution is -0.117. The minimum atomic E-state index is 0.586. The largest absolute Gasteiger partial charge is 0.277 e. The molecule has 5 heteroatoms. The van der Waals surface area contributed by atoms with E-state index in [1.54, 1.807) is 12.1 Å². The minimum Gasteiger partial charge on any atom is -0.277 e. The molecule has 1 amide bonds. The molecule has 13 heavy (non-hydrogen) atoms. The number of carbonyl (C=O) groups excluding carboxylic acids is 1. The van der Waals surface area contributed by atoms with Crippen molar-refractivity contribution >= 4 is 28.0 Å². The number of benzene rings is 1. The maximum Gasteiger partial charge on any atom is 0.230 e. The van der Waals surface area contributed by atoms with Crippen LogP contribution in [0.15, 0.2) is 39.1 Å². The van der Waals surface area contributed by atoms with Crippen molar-refractivity contribution in [1.29, 1.82) is 0 Å². The molecule has 0 aliphatic carbocycles. The van der Waals surface area contributed by atoms with Crippen molar-refractivity contribution in [2.75, 3.05) is 7.05 Å². The third-order valence-corrected chi connectivity index (χ3v) is 1.81. The molecular formula is C8H8BrN3O. The van der Waals surface area contributed by atoms with Gasteiger partial charge in [-0.1, -0.05) is 21.2 Å². The molecule has 0 fully saturated rings. The lowest BCUT2D eigenvalue weighted by atomic mass is 10.3. The Morgan fingerprint density at radius 3 is 2.54 bits per heavy atom. The second-order valence-corrected chi connectivity index (χ2v) is 3.26. The Kier molecular flexibility index (Phi) is 3.57. The molecule has 0 aromatic heterocycles. The number of rotatable bonds is 3. The van der Waals surface area contributed by atoms with E-state index in [-0.39, 0.29) is 0 Å². The molecular weight excluding hydrogens is 234 g/mol. The lowest BCUT2D eigenvalue weighted by Crippen LogP contribution is -2.04. The van der Waals surface area contributed by atoms with Crippen LogP contribution >= 0.6 is 15.9 Å². The molecule has 0 aliphatic rings. The second-order valence-electron chi connectivity index (χ2n) is 2.34. The van der Waals surface area contributed by atoms with Crippen LogP contribution < -0.4 is 0 Å². The molecule has 0 heterocycles. The zero-order valence-electron chi connectivity index (χ0n) is 7.01. The Hall–Kier alpha value is -1.23. The Morgan fingerprint density at radius 1 is 1.38 bits per heavy atom. The quantitative estimate of drug-likeness (QED) is 0.456. The summed E-state index contributed by atoms with van der Waals surface area (Å²) in [6.07, 6.45) is 0.586. The van der Waals surface area contributed by atoms with Gasteiger partial charge >= 0.3 is 0 Å². The summed E-state index contributed by atoms with van der Waals surface area (Å²) in [4.78, 5) is 10.1. The number of hydrogen-bond acceptors (Lipinski definition) is 3. The maximum atomic E-state index is 10.1. The van der Waals surface area contributed by atoms with E-state index in [0.29, 0.717) is 12.1 Å². The van der Waals surface area contributed by atoms with Gasteiger partial charge in [0.25, 0.3) is 0 Å². The fourth-order valence-electron chi connectivity index (χ4n) is 0.651.